The van der Waals surface area contributed by atoms with E-state index in [0.29, 0.717) is 17.1 Å². The molecule has 2 aromatic heterocycles. The summed E-state index contributed by atoms with van der Waals surface area (Å²) in [6, 6.07) is 8.90. The molecule has 0 spiro atoms. The van der Waals surface area contributed by atoms with Gasteiger partial charge >= 0.3 is 6.03 Å². The molecule has 0 atom stereocenters. The number of nitrogens with zero attached hydrogens (tertiary/aromatic N) is 2. The fraction of sp³-hybridized carbons (Fsp3) is 0.0625. The molecule has 0 saturated carbocycles. The Hall–Kier alpha value is -3.22. The summed E-state index contributed by atoms with van der Waals surface area (Å²) in [7, 11) is 0. The Morgan fingerprint density at radius 2 is 1.96 bits per heavy atom. The number of carbonyl (C=O) groups excluding carboxylic acids is 1. The molecular weight excluding hydrogens is 299 g/mol. The molecule has 6 nitrogen and oxygen atoms in total. The van der Waals surface area contributed by atoms with E-state index in [1.807, 2.05) is 0 Å². The van der Waals surface area contributed by atoms with Crippen LogP contribution in [0.5, 0.6) is 0 Å². The highest BCUT2D eigenvalue weighted by molar-refractivity contribution is 5.89. The van der Waals surface area contributed by atoms with Gasteiger partial charge in [0.1, 0.15) is 11.5 Å². The molecule has 3 aromatic rings. The van der Waals surface area contributed by atoms with Crippen LogP contribution in [0.4, 0.5) is 14.9 Å². The van der Waals surface area contributed by atoms with Gasteiger partial charge in [-0.05, 0) is 24.3 Å². The van der Waals surface area contributed by atoms with Crippen molar-refractivity contribution in [1.82, 2.24) is 15.3 Å². The summed E-state index contributed by atoms with van der Waals surface area (Å²) in [6.45, 7) is 0.129. The van der Waals surface area contributed by atoms with Crippen LogP contribution < -0.4 is 10.6 Å². The number of benzene rings is 1. The van der Waals surface area contributed by atoms with Crippen molar-refractivity contribution in [3.05, 3.63) is 66.6 Å². The van der Waals surface area contributed by atoms with Crippen molar-refractivity contribution in [2.24, 2.45) is 0 Å². The number of amides is 2. The van der Waals surface area contributed by atoms with Gasteiger partial charge < -0.3 is 15.1 Å². The molecule has 0 aliphatic heterocycles. The van der Waals surface area contributed by atoms with Crippen molar-refractivity contribution >= 4 is 11.7 Å². The van der Waals surface area contributed by atoms with Gasteiger partial charge in [-0.2, -0.15) is 0 Å². The van der Waals surface area contributed by atoms with Crippen molar-refractivity contribution in [2.45, 2.75) is 6.54 Å². The van der Waals surface area contributed by atoms with E-state index < -0.39 is 11.8 Å². The van der Waals surface area contributed by atoms with Gasteiger partial charge in [-0.1, -0.05) is 12.1 Å². The molecule has 2 heterocycles. The van der Waals surface area contributed by atoms with E-state index in [9.17, 15) is 9.18 Å². The quantitative estimate of drug-likeness (QED) is 0.775. The van der Waals surface area contributed by atoms with Crippen LogP contribution in [-0.2, 0) is 6.54 Å². The SMILES string of the molecule is O=C(NCc1nccnc1-c1ccco1)Nc1ccccc1F. The number of aromatic nitrogens is 2. The minimum atomic E-state index is -0.536. The number of hydrogen-bond donors (Lipinski definition) is 2. The zero-order valence-electron chi connectivity index (χ0n) is 12.0. The number of rotatable bonds is 4. The fourth-order valence-electron chi connectivity index (χ4n) is 2.01. The lowest BCUT2D eigenvalue weighted by Gasteiger charge is -2.09. The zero-order chi connectivity index (χ0) is 16.1. The number of nitrogens with one attached hydrogen (secondary N) is 2. The third-order valence-electron chi connectivity index (χ3n) is 3.07. The first kappa shape index (κ1) is 14.7. The van der Waals surface area contributed by atoms with E-state index in [0.717, 1.165) is 0 Å². The van der Waals surface area contributed by atoms with Crippen LogP contribution in [0.2, 0.25) is 0 Å². The predicted molar refractivity (Wildman–Crippen MR) is 82.0 cm³/mol. The maximum Gasteiger partial charge on any atom is 0.319 e. The first-order valence-electron chi connectivity index (χ1n) is 6.87. The van der Waals surface area contributed by atoms with E-state index in [4.69, 9.17) is 4.42 Å². The predicted octanol–water partition coefficient (Wildman–Crippen LogP) is 3.20. The van der Waals surface area contributed by atoms with Gasteiger partial charge in [0.2, 0.25) is 0 Å². The average molecular weight is 312 g/mol. The van der Waals surface area contributed by atoms with Gasteiger partial charge in [-0.25, -0.2) is 14.2 Å². The molecule has 0 unspecified atom stereocenters. The molecule has 23 heavy (non-hydrogen) atoms. The topological polar surface area (TPSA) is 80.1 Å². The maximum absolute atomic E-state index is 13.5. The molecule has 7 heteroatoms. The third-order valence-corrected chi connectivity index (χ3v) is 3.07. The second-order valence-electron chi connectivity index (χ2n) is 4.62. The fourth-order valence-corrected chi connectivity index (χ4v) is 2.01. The molecule has 0 aliphatic carbocycles. The monoisotopic (exact) mass is 312 g/mol. The molecule has 1 aromatic carbocycles. The number of para-hydroxylation sites is 1. The molecule has 0 fully saturated rings. The van der Waals surface area contributed by atoms with Gasteiger partial charge in [-0.15, -0.1) is 0 Å². The smallest absolute Gasteiger partial charge is 0.319 e. The summed E-state index contributed by atoms with van der Waals surface area (Å²) in [6.07, 6.45) is 4.60. The minimum absolute atomic E-state index is 0.107. The van der Waals surface area contributed by atoms with Crippen LogP contribution in [0.15, 0.2) is 59.5 Å². The number of carbonyl (C=O) groups is 1. The number of furan rings is 1. The lowest BCUT2D eigenvalue weighted by molar-refractivity contribution is 0.251. The number of hydrogen-bond acceptors (Lipinski definition) is 4. The van der Waals surface area contributed by atoms with Gasteiger partial charge in [0.15, 0.2) is 5.76 Å². The maximum atomic E-state index is 13.5. The summed E-state index contributed by atoms with van der Waals surface area (Å²) in [5, 5.41) is 5.05. The summed E-state index contributed by atoms with van der Waals surface area (Å²) >= 11 is 0. The van der Waals surface area contributed by atoms with Crippen molar-refractivity contribution in [3.63, 3.8) is 0 Å². The lowest BCUT2D eigenvalue weighted by Crippen LogP contribution is -2.29. The molecule has 0 aliphatic rings. The van der Waals surface area contributed by atoms with Gasteiger partial charge in [0, 0.05) is 12.4 Å². The summed E-state index contributed by atoms with van der Waals surface area (Å²) < 4.78 is 18.8. The average Bonchev–Trinajstić information content (AvgIpc) is 3.10. The largest absolute Gasteiger partial charge is 0.463 e. The van der Waals surface area contributed by atoms with Crippen LogP contribution in [0.3, 0.4) is 0 Å². The van der Waals surface area contributed by atoms with Gasteiger partial charge in [0.05, 0.1) is 24.2 Å². The molecule has 0 radical (unpaired) electrons. The van der Waals surface area contributed by atoms with Crippen LogP contribution in [0, 0.1) is 5.82 Å². The molecular formula is C16H13FN4O2. The van der Waals surface area contributed by atoms with E-state index in [1.165, 1.54) is 24.6 Å². The Morgan fingerprint density at radius 1 is 1.13 bits per heavy atom. The second-order valence-corrected chi connectivity index (χ2v) is 4.62. The Balaban J connectivity index is 1.67. The first-order chi connectivity index (χ1) is 11.2. The number of halogens is 1. The number of anilines is 1. The molecule has 116 valence electrons. The first-order valence-corrected chi connectivity index (χ1v) is 6.87. The van der Waals surface area contributed by atoms with Crippen molar-refractivity contribution < 1.29 is 13.6 Å². The third kappa shape index (κ3) is 3.52. The Kier molecular flexibility index (Phi) is 4.28. The van der Waals surface area contributed by atoms with Crippen molar-refractivity contribution in [3.8, 4) is 11.5 Å². The minimum Gasteiger partial charge on any atom is -0.463 e. The van der Waals surface area contributed by atoms with Gasteiger partial charge in [-0.3, -0.25) is 4.98 Å². The van der Waals surface area contributed by atoms with Gasteiger partial charge in [0.25, 0.3) is 0 Å². The normalized spacial score (nSPS) is 10.3. The van der Waals surface area contributed by atoms with E-state index >= 15 is 0 Å². The Labute approximate surface area is 131 Å². The van der Waals surface area contributed by atoms with Crippen LogP contribution in [-0.4, -0.2) is 16.0 Å². The summed E-state index contributed by atoms with van der Waals surface area (Å²) in [4.78, 5) is 20.3. The molecule has 0 bridgehead atoms. The zero-order valence-corrected chi connectivity index (χ0v) is 12.0. The van der Waals surface area contributed by atoms with E-state index in [2.05, 4.69) is 20.6 Å². The standard InChI is InChI=1S/C16H13FN4O2/c17-11-4-1-2-5-12(11)21-16(22)20-10-13-15(19-8-7-18-13)14-6-3-9-23-14/h1-9H,10H2,(H2,20,21,22). The molecule has 2 N–H and O–H groups in total. The summed E-state index contributed by atoms with van der Waals surface area (Å²) in [5.74, 6) is 0.0582. The molecule has 3 rings (SSSR count). The highest BCUT2D eigenvalue weighted by Crippen LogP contribution is 2.19. The lowest BCUT2D eigenvalue weighted by atomic mass is 10.2. The van der Waals surface area contributed by atoms with E-state index in [-0.39, 0.29) is 12.2 Å². The Bertz CT molecular complexity index is 805. The van der Waals surface area contributed by atoms with Crippen molar-refractivity contribution in [1.29, 1.82) is 0 Å². The van der Waals surface area contributed by atoms with Crippen LogP contribution in [0.25, 0.3) is 11.5 Å². The second kappa shape index (κ2) is 6.69. The van der Waals surface area contributed by atoms with Crippen molar-refractivity contribution in [2.75, 3.05) is 5.32 Å². The molecule has 2 amide bonds. The highest BCUT2D eigenvalue weighted by atomic mass is 19.1. The van der Waals surface area contributed by atoms with E-state index in [1.54, 1.807) is 30.5 Å². The number of urea groups is 1. The molecule has 0 saturated heterocycles. The Morgan fingerprint density at radius 3 is 2.74 bits per heavy atom. The van der Waals surface area contributed by atoms with Crippen LogP contribution in [0.1, 0.15) is 5.69 Å². The van der Waals surface area contributed by atoms with Crippen LogP contribution >= 0.6 is 0 Å². The highest BCUT2D eigenvalue weighted by Gasteiger charge is 2.12. The summed E-state index contributed by atoms with van der Waals surface area (Å²) in [5.41, 5.74) is 1.20.